The molecule has 0 amide bonds. The number of rotatable bonds is 14. The molecule has 144 valence electrons. The maximum Gasteiger partial charge on any atom is 0.303 e. The van der Waals surface area contributed by atoms with Gasteiger partial charge >= 0.3 is 5.97 Å². The number of hydrogen-bond acceptors (Lipinski definition) is 3. The van der Waals surface area contributed by atoms with E-state index in [1.807, 2.05) is 0 Å². The van der Waals surface area contributed by atoms with Gasteiger partial charge < -0.3 is 9.84 Å². The minimum atomic E-state index is -0.720. The molecule has 1 aliphatic carbocycles. The van der Waals surface area contributed by atoms with Gasteiger partial charge in [0, 0.05) is 25.9 Å². The Balaban J connectivity index is 2.35. The molecule has 0 aromatic heterocycles. The molecular weight excluding hydrogens is 316 g/mol. The second-order valence-electron chi connectivity index (χ2n) is 7.28. The van der Waals surface area contributed by atoms with Crippen LogP contribution in [0.15, 0.2) is 12.2 Å². The number of carboxylic acid groups (broad SMARTS) is 1. The zero-order valence-electron chi connectivity index (χ0n) is 16.0. The number of aliphatic carboxylic acids is 1. The van der Waals surface area contributed by atoms with Crippen LogP contribution in [0.3, 0.4) is 0 Å². The summed E-state index contributed by atoms with van der Waals surface area (Å²) in [6.07, 6.45) is 15.8. The Morgan fingerprint density at radius 3 is 2.68 bits per heavy atom. The van der Waals surface area contributed by atoms with E-state index in [1.165, 1.54) is 19.3 Å². The molecule has 0 heterocycles. The maximum atomic E-state index is 12.2. The Morgan fingerprint density at radius 1 is 1.24 bits per heavy atom. The van der Waals surface area contributed by atoms with E-state index in [1.54, 1.807) is 7.11 Å². The molecule has 1 aliphatic rings. The monoisotopic (exact) mass is 352 g/mol. The fourth-order valence-corrected chi connectivity index (χ4v) is 3.69. The lowest BCUT2D eigenvalue weighted by atomic mass is 9.89. The Labute approximate surface area is 153 Å². The number of methoxy groups -OCH3 is 1. The molecule has 0 aromatic carbocycles. The molecule has 4 heteroatoms. The predicted molar refractivity (Wildman–Crippen MR) is 101 cm³/mol. The molecule has 0 spiro atoms. The molecule has 1 N–H and O–H groups in total. The first kappa shape index (κ1) is 21.9. The summed E-state index contributed by atoms with van der Waals surface area (Å²) in [7, 11) is 1.76. The number of ether oxygens (including phenoxy) is 1. The van der Waals surface area contributed by atoms with Gasteiger partial charge in [0.25, 0.3) is 0 Å². The van der Waals surface area contributed by atoms with E-state index in [-0.39, 0.29) is 18.4 Å². The van der Waals surface area contributed by atoms with Gasteiger partial charge in [-0.2, -0.15) is 0 Å². The average molecular weight is 353 g/mol. The van der Waals surface area contributed by atoms with Crippen LogP contribution in [0.1, 0.15) is 84.0 Å². The van der Waals surface area contributed by atoms with E-state index in [4.69, 9.17) is 9.84 Å². The van der Waals surface area contributed by atoms with Crippen LogP contribution in [-0.2, 0) is 14.3 Å². The van der Waals surface area contributed by atoms with Gasteiger partial charge in [0.2, 0.25) is 0 Å². The first-order valence-corrected chi connectivity index (χ1v) is 10.0. The molecule has 0 aliphatic heterocycles. The van der Waals surface area contributed by atoms with Crippen LogP contribution in [0.4, 0.5) is 0 Å². The number of ketones is 1. The third kappa shape index (κ3) is 9.20. The van der Waals surface area contributed by atoms with E-state index in [0.29, 0.717) is 18.1 Å². The van der Waals surface area contributed by atoms with Crippen LogP contribution >= 0.6 is 0 Å². The van der Waals surface area contributed by atoms with Crippen molar-refractivity contribution >= 4 is 11.8 Å². The summed E-state index contributed by atoms with van der Waals surface area (Å²) in [5, 5.41) is 8.64. The number of hydrogen-bond donors (Lipinski definition) is 1. The average Bonchev–Trinajstić information content (AvgIpc) is 2.94. The van der Waals surface area contributed by atoms with Crippen molar-refractivity contribution in [3.05, 3.63) is 12.2 Å². The van der Waals surface area contributed by atoms with Crippen LogP contribution in [-0.4, -0.2) is 30.1 Å². The topological polar surface area (TPSA) is 63.6 Å². The van der Waals surface area contributed by atoms with Gasteiger partial charge in [-0.15, -0.1) is 0 Å². The van der Waals surface area contributed by atoms with Crippen LogP contribution in [0, 0.1) is 11.8 Å². The fourth-order valence-electron chi connectivity index (χ4n) is 3.69. The van der Waals surface area contributed by atoms with Crippen molar-refractivity contribution in [2.45, 2.75) is 90.1 Å². The Hall–Kier alpha value is -1.16. The fraction of sp³-hybridized carbons (Fsp3) is 0.810. The van der Waals surface area contributed by atoms with Crippen molar-refractivity contribution in [3.8, 4) is 0 Å². The summed E-state index contributed by atoms with van der Waals surface area (Å²) in [5.41, 5.74) is 0. The highest BCUT2D eigenvalue weighted by Crippen LogP contribution is 2.34. The highest BCUT2D eigenvalue weighted by Gasteiger charge is 2.32. The minimum Gasteiger partial charge on any atom is -0.481 e. The third-order valence-corrected chi connectivity index (χ3v) is 5.28. The van der Waals surface area contributed by atoms with E-state index in [0.717, 1.165) is 44.9 Å². The molecule has 0 radical (unpaired) electrons. The molecule has 25 heavy (non-hydrogen) atoms. The van der Waals surface area contributed by atoms with Gasteiger partial charge in [0.05, 0.1) is 6.10 Å². The normalized spacial score (nSPS) is 21.9. The van der Waals surface area contributed by atoms with Crippen LogP contribution < -0.4 is 0 Å². The van der Waals surface area contributed by atoms with Gasteiger partial charge in [-0.05, 0) is 31.6 Å². The minimum absolute atomic E-state index is 0.156. The largest absolute Gasteiger partial charge is 0.481 e. The van der Waals surface area contributed by atoms with Crippen LogP contribution in [0.25, 0.3) is 0 Å². The zero-order chi connectivity index (χ0) is 18.5. The Morgan fingerprint density at radius 2 is 2.00 bits per heavy atom. The molecule has 0 bridgehead atoms. The van der Waals surface area contributed by atoms with Crippen molar-refractivity contribution in [3.63, 3.8) is 0 Å². The number of carbonyl (C=O) groups excluding carboxylic acids is 1. The van der Waals surface area contributed by atoms with Gasteiger partial charge in [-0.25, -0.2) is 0 Å². The third-order valence-electron chi connectivity index (χ3n) is 5.28. The van der Waals surface area contributed by atoms with Crippen molar-refractivity contribution in [2.24, 2.45) is 11.8 Å². The number of carbonyl (C=O) groups is 2. The molecular formula is C21H36O4. The molecule has 1 unspecified atom stereocenters. The van der Waals surface area contributed by atoms with Gasteiger partial charge in [0.15, 0.2) is 0 Å². The highest BCUT2D eigenvalue weighted by atomic mass is 16.5. The van der Waals surface area contributed by atoms with Crippen LogP contribution in [0.5, 0.6) is 0 Å². The molecule has 1 rings (SSSR count). The summed E-state index contributed by atoms with van der Waals surface area (Å²) in [5.74, 6) is 0.196. The summed E-state index contributed by atoms with van der Waals surface area (Å²) in [6, 6.07) is 0. The summed E-state index contributed by atoms with van der Waals surface area (Å²) >= 11 is 0. The first-order chi connectivity index (χ1) is 12.1. The van der Waals surface area contributed by atoms with Gasteiger partial charge in [0.1, 0.15) is 5.78 Å². The van der Waals surface area contributed by atoms with Crippen molar-refractivity contribution in [1.82, 2.24) is 0 Å². The SMILES string of the molecule is CCCCCC(C=C[C@H]1CCC(=O)[C@@H]1CCCCCCC(=O)O)OC. The quantitative estimate of drug-likeness (QED) is 0.346. The van der Waals surface area contributed by atoms with E-state index >= 15 is 0 Å². The molecule has 4 nitrogen and oxygen atoms in total. The van der Waals surface area contributed by atoms with Crippen molar-refractivity contribution < 1.29 is 19.4 Å². The predicted octanol–water partition coefficient (Wildman–Crippen LogP) is 5.16. The van der Waals surface area contributed by atoms with Crippen LogP contribution in [0.2, 0.25) is 0 Å². The smallest absolute Gasteiger partial charge is 0.303 e. The number of carboxylic acids is 1. The van der Waals surface area contributed by atoms with Gasteiger partial charge in [-0.1, -0.05) is 57.6 Å². The van der Waals surface area contributed by atoms with E-state index in [9.17, 15) is 9.59 Å². The summed E-state index contributed by atoms with van der Waals surface area (Å²) in [6.45, 7) is 2.20. The highest BCUT2D eigenvalue weighted by molar-refractivity contribution is 5.83. The lowest BCUT2D eigenvalue weighted by molar-refractivity contribution is -0.137. The summed E-state index contributed by atoms with van der Waals surface area (Å²) in [4.78, 5) is 22.7. The Bertz CT molecular complexity index is 416. The van der Waals surface area contributed by atoms with Crippen molar-refractivity contribution in [1.29, 1.82) is 0 Å². The lowest BCUT2D eigenvalue weighted by Crippen LogP contribution is -2.14. The number of unbranched alkanes of at least 4 members (excludes halogenated alkanes) is 5. The number of allylic oxidation sites excluding steroid dienone is 1. The maximum absolute atomic E-state index is 12.2. The van der Waals surface area contributed by atoms with E-state index in [2.05, 4.69) is 19.1 Å². The standard InChI is InChI=1S/C21H36O4/c1-3-4-7-10-18(25-2)15-13-17-14-16-20(22)19(17)11-8-5-6-9-12-21(23)24/h13,15,17-19H,3-12,14,16H2,1-2H3,(H,23,24)/t17-,18?,19+/m0/s1. The van der Waals surface area contributed by atoms with E-state index < -0.39 is 5.97 Å². The molecule has 1 saturated carbocycles. The Kier molecular flexibility index (Phi) is 11.5. The number of Topliss-reactive ketones (excluding diaryl/α,β-unsaturated/α-hetero) is 1. The second-order valence-corrected chi connectivity index (χ2v) is 7.28. The first-order valence-electron chi connectivity index (χ1n) is 10.0. The molecule has 0 saturated heterocycles. The lowest BCUT2D eigenvalue weighted by Gasteiger charge is -2.16. The molecule has 1 fully saturated rings. The van der Waals surface area contributed by atoms with Gasteiger partial charge in [-0.3, -0.25) is 9.59 Å². The van der Waals surface area contributed by atoms with Crippen molar-refractivity contribution in [2.75, 3.05) is 7.11 Å². The second kappa shape index (κ2) is 13.1. The molecule has 3 atom stereocenters. The summed E-state index contributed by atoms with van der Waals surface area (Å²) < 4.78 is 5.54. The zero-order valence-corrected chi connectivity index (χ0v) is 16.0. The molecule has 0 aromatic rings.